The van der Waals surface area contributed by atoms with Crippen molar-refractivity contribution in [3.8, 4) is 11.3 Å². The molecule has 1 atom stereocenters. The molecule has 1 fully saturated rings. The molecule has 0 spiro atoms. The van der Waals surface area contributed by atoms with E-state index in [0.29, 0.717) is 37.0 Å². The van der Waals surface area contributed by atoms with E-state index in [9.17, 15) is 9.59 Å². The molecule has 0 aliphatic carbocycles. The molecule has 4 rings (SSSR count). The molecule has 160 valence electrons. The molecule has 1 aliphatic heterocycles. The van der Waals surface area contributed by atoms with Crippen molar-refractivity contribution in [1.82, 2.24) is 19.9 Å². The highest BCUT2D eigenvalue weighted by atomic mass is 35.5. The number of hydrogen-bond donors (Lipinski definition) is 0. The van der Waals surface area contributed by atoms with Crippen molar-refractivity contribution in [2.75, 3.05) is 33.3 Å². The van der Waals surface area contributed by atoms with Crippen molar-refractivity contribution in [1.29, 1.82) is 0 Å². The molecule has 31 heavy (non-hydrogen) atoms. The summed E-state index contributed by atoms with van der Waals surface area (Å²) in [5.74, 6) is -0.0667. The van der Waals surface area contributed by atoms with Crippen molar-refractivity contribution >= 4 is 23.5 Å². The Morgan fingerprint density at radius 3 is 2.52 bits per heavy atom. The zero-order valence-corrected chi connectivity index (χ0v) is 17.7. The number of pyridine rings is 1. The molecule has 1 saturated heterocycles. The number of amides is 1. The van der Waals surface area contributed by atoms with Gasteiger partial charge in [-0.1, -0.05) is 28.9 Å². The fraction of sp³-hybridized carbons (Fsp3) is 0.273. The van der Waals surface area contributed by atoms with Gasteiger partial charge in [0, 0.05) is 55.2 Å². The Morgan fingerprint density at radius 1 is 1.13 bits per heavy atom. The van der Waals surface area contributed by atoms with Crippen LogP contribution >= 0.6 is 11.6 Å². The first kappa shape index (κ1) is 21.0. The highest BCUT2D eigenvalue weighted by molar-refractivity contribution is 6.30. The summed E-state index contributed by atoms with van der Waals surface area (Å²) >= 11 is 5.98. The molecule has 0 N–H and O–H groups in total. The molecule has 2 aromatic heterocycles. The van der Waals surface area contributed by atoms with E-state index >= 15 is 0 Å². The number of methoxy groups -OCH3 is 1. The van der Waals surface area contributed by atoms with Gasteiger partial charge in [0.1, 0.15) is 6.04 Å². The van der Waals surface area contributed by atoms with E-state index in [-0.39, 0.29) is 17.6 Å². The zero-order valence-electron chi connectivity index (χ0n) is 16.9. The number of esters is 1. The molecule has 3 heterocycles. The lowest BCUT2D eigenvalue weighted by atomic mass is 10.0. The van der Waals surface area contributed by atoms with Crippen molar-refractivity contribution < 1.29 is 18.8 Å². The number of benzene rings is 1. The van der Waals surface area contributed by atoms with Crippen LogP contribution in [0.15, 0.2) is 59.4 Å². The summed E-state index contributed by atoms with van der Waals surface area (Å²) in [5.41, 5.74) is 1.80. The molecule has 0 saturated carbocycles. The Hall–Kier alpha value is -3.23. The van der Waals surface area contributed by atoms with Crippen LogP contribution in [0.3, 0.4) is 0 Å². The van der Waals surface area contributed by atoms with Crippen LogP contribution in [0.5, 0.6) is 0 Å². The third-order valence-corrected chi connectivity index (χ3v) is 5.50. The lowest BCUT2D eigenvalue weighted by Crippen LogP contribution is -2.51. The van der Waals surface area contributed by atoms with Gasteiger partial charge in [-0.3, -0.25) is 14.7 Å². The second-order valence-electron chi connectivity index (χ2n) is 7.12. The second kappa shape index (κ2) is 9.28. The maximum absolute atomic E-state index is 12.9. The van der Waals surface area contributed by atoms with Gasteiger partial charge in [-0.05, 0) is 29.8 Å². The monoisotopic (exact) mass is 440 g/mol. The van der Waals surface area contributed by atoms with Gasteiger partial charge in [0.15, 0.2) is 11.5 Å². The van der Waals surface area contributed by atoms with Gasteiger partial charge in [0.25, 0.3) is 5.91 Å². The molecule has 8 nitrogen and oxygen atoms in total. The third kappa shape index (κ3) is 4.60. The number of carbonyl (C=O) groups is 2. The van der Waals surface area contributed by atoms with Crippen LogP contribution < -0.4 is 0 Å². The van der Waals surface area contributed by atoms with Crippen molar-refractivity contribution in [3.63, 3.8) is 0 Å². The third-order valence-electron chi connectivity index (χ3n) is 5.25. The summed E-state index contributed by atoms with van der Waals surface area (Å²) in [6.07, 6.45) is 3.31. The molecule has 0 bridgehead atoms. The lowest BCUT2D eigenvalue weighted by Gasteiger charge is -2.38. The summed E-state index contributed by atoms with van der Waals surface area (Å²) in [7, 11) is 1.37. The average Bonchev–Trinajstić information content (AvgIpc) is 3.31. The topological polar surface area (TPSA) is 88.8 Å². The number of halogens is 1. The van der Waals surface area contributed by atoms with Crippen LogP contribution in [0.2, 0.25) is 5.02 Å². The highest BCUT2D eigenvalue weighted by Gasteiger charge is 2.33. The summed E-state index contributed by atoms with van der Waals surface area (Å²) in [5, 5.41) is 4.52. The molecule has 0 radical (unpaired) electrons. The van der Waals surface area contributed by atoms with Gasteiger partial charge >= 0.3 is 5.97 Å². The van der Waals surface area contributed by atoms with Gasteiger partial charge in [-0.15, -0.1) is 0 Å². The van der Waals surface area contributed by atoms with Crippen LogP contribution in [-0.2, 0) is 9.53 Å². The molecule has 1 aromatic carbocycles. The smallest absolute Gasteiger partial charge is 0.327 e. The second-order valence-corrected chi connectivity index (χ2v) is 7.56. The number of ether oxygens (including phenoxy) is 1. The Bertz CT molecular complexity index is 1050. The normalized spacial score (nSPS) is 15.5. The fourth-order valence-corrected chi connectivity index (χ4v) is 3.74. The van der Waals surface area contributed by atoms with Crippen LogP contribution in [0.25, 0.3) is 11.3 Å². The SMILES string of the molecule is COC(=O)[C@@H](c1ccc(Cl)cc1)N1CCN(C(=O)c2cc(-c3cccnc3)on2)CC1. The Morgan fingerprint density at radius 2 is 1.87 bits per heavy atom. The quantitative estimate of drug-likeness (QED) is 0.563. The zero-order chi connectivity index (χ0) is 21.8. The maximum Gasteiger partial charge on any atom is 0.327 e. The molecule has 0 unspecified atom stereocenters. The average molecular weight is 441 g/mol. The molecular weight excluding hydrogens is 420 g/mol. The van der Waals surface area contributed by atoms with E-state index in [0.717, 1.165) is 11.1 Å². The Kier molecular flexibility index (Phi) is 6.29. The summed E-state index contributed by atoms with van der Waals surface area (Å²) in [6.45, 7) is 1.94. The van der Waals surface area contributed by atoms with E-state index in [1.807, 2.05) is 23.1 Å². The Labute approximate surface area is 184 Å². The molecule has 9 heteroatoms. The maximum atomic E-state index is 12.9. The van der Waals surface area contributed by atoms with Gasteiger partial charge in [-0.2, -0.15) is 0 Å². The van der Waals surface area contributed by atoms with Crippen LogP contribution in [0.4, 0.5) is 0 Å². The van der Waals surface area contributed by atoms with Crippen LogP contribution in [0.1, 0.15) is 22.1 Å². The molecule has 3 aromatic rings. The van der Waals surface area contributed by atoms with Gasteiger partial charge in [0.05, 0.1) is 7.11 Å². The minimum Gasteiger partial charge on any atom is -0.468 e. The first-order chi connectivity index (χ1) is 15.1. The summed E-state index contributed by atoms with van der Waals surface area (Å²) in [4.78, 5) is 33.1. The number of aromatic nitrogens is 2. The number of hydrogen-bond acceptors (Lipinski definition) is 7. The number of rotatable bonds is 5. The van der Waals surface area contributed by atoms with Crippen molar-refractivity contribution in [2.45, 2.75) is 6.04 Å². The van der Waals surface area contributed by atoms with Crippen molar-refractivity contribution in [2.24, 2.45) is 0 Å². The number of piperazine rings is 1. The van der Waals surface area contributed by atoms with E-state index in [2.05, 4.69) is 10.1 Å². The van der Waals surface area contributed by atoms with E-state index in [4.69, 9.17) is 20.9 Å². The molecule has 1 amide bonds. The van der Waals surface area contributed by atoms with Crippen LogP contribution in [0, 0.1) is 0 Å². The number of nitrogens with zero attached hydrogens (tertiary/aromatic N) is 4. The van der Waals surface area contributed by atoms with E-state index < -0.39 is 6.04 Å². The summed E-state index contributed by atoms with van der Waals surface area (Å²) < 4.78 is 10.3. The van der Waals surface area contributed by atoms with Gasteiger partial charge in [0.2, 0.25) is 0 Å². The standard InChI is InChI=1S/C22H21ClN4O4/c1-30-22(29)20(15-4-6-17(23)7-5-15)26-9-11-27(12-10-26)21(28)18-13-19(31-25-18)16-3-2-8-24-14-16/h2-8,13-14,20H,9-12H2,1H3/t20-/m1/s1. The highest BCUT2D eigenvalue weighted by Crippen LogP contribution is 2.26. The molecule has 1 aliphatic rings. The predicted octanol–water partition coefficient (Wildman–Crippen LogP) is 3.06. The van der Waals surface area contributed by atoms with E-state index in [1.165, 1.54) is 7.11 Å². The van der Waals surface area contributed by atoms with Gasteiger partial charge < -0.3 is 14.2 Å². The molecular formula is C22H21ClN4O4. The largest absolute Gasteiger partial charge is 0.468 e. The lowest BCUT2D eigenvalue weighted by molar-refractivity contribution is -0.148. The first-order valence-corrected chi connectivity index (χ1v) is 10.2. The van der Waals surface area contributed by atoms with Crippen molar-refractivity contribution in [3.05, 3.63) is 71.1 Å². The predicted molar refractivity (Wildman–Crippen MR) is 113 cm³/mol. The first-order valence-electron chi connectivity index (χ1n) is 9.80. The van der Waals surface area contributed by atoms with E-state index in [1.54, 1.807) is 41.6 Å². The number of carbonyl (C=O) groups excluding carboxylic acids is 2. The fourth-order valence-electron chi connectivity index (χ4n) is 3.62. The van der Waals surface area contributed by atoms with Crippen LogP contribution in [-0.4, -0.2) is 65.1 Å². The minimum atomic E-state index is -0.552. The minimum absolute atomic E-state index is 0.209. The Balaban J connectivity index is 1.43. The van der Waals surface area contributed by atoms with Gasteiger partial charge in [-0.25, -0.2) is 4.79 Å². The summed E-state index contributed by atoms with van der Waals surface area (Å²) in [6, 6.07) is 11.8.